The third kappa shape index (κ3) is 6.00. The number of nitrogens with one attached hydrogen (secondary N) is 1. The Hall–Kier alpha value is -3.40. The molecule has 0 spiro atoms. The number of primary amides is 1. The summed E-state index contributed by atoms with van der Waals surface area (Å²) in [5.41, 5.74) is 15.4. The maximum atomic E-state index is 11.8. The van der Waals surface area contributed by atoms with E-state index in [0.29, 0.717) is 29.0 Å². The molecule has 0 atom stereocenters. The highest BCUT2D eigenvalue weighted by atomic mass is 16.5. The molecule has 0 aromatic carbocycles. The number of nitrogens with two attached hydrogens (primary N) is 3. The molecule has 2 heterocycles. The number of hydrazine groups is 1. The number of carbonyl (C=O) groups excluding carboxylic acids is 1. The summed E-state index contributed by atoms with van der Waals surface area (Å²) >= 11 is 0. The van der Waals surface area contributed by atoms with Crippen LogP contribution >= 0.6 is 0 Å². The summed E-state index contributed by atoms with van der Waals surface area (Å²) < 4.78 is 6.19. The first kappa shape index (κ1) is 24.7. The maximum absolute atomic E-state index is 11.8. The van der Waals surface area contributed by atoms with Crippen LogP contribution in [0.2, 0.25) is 0 Å². The van der Waals surface area contributed by atoms with E-state index in [-0.39, 0.29) is 18.3 Å². The Kier molecular flexibility index (Phi) is 7.70. The van der Waals surface area contributed by atoms with Crippen molar-refractivity contribution in [3.05, 3.63) is 46.7 Å². The molecule has 7 N–H and O–H groups in total. The standard InChI is InChI=1S/C25H36N8O2/c1-15-22(35-17-9-4-3-5-10-17)12-11-18(30-15)23(26)21(33(2)28)14-29-25-31-19(16-7-6-8-16)13-20(32-25)24(27)34/h11-13,16-17H,3-10,14,26,28H2,1-2H3,(H2,27,34)(H,29,31,32)/b23-21-. The number of amides is 1. The van der Waals surface area contributed by atoms with Gasteiger partial charge in [0.2, 0.25) is 5.95 Å². The van der Waals surface area contributed by atoms with E-state index < -0.39 is 5.91 Å². The van der Waals surface area contributed by atoms with Gasteiger partial charge in [-0.25, -0.2) is 20.8 Å². The van der Waals surface area contributed by atoms with Gasteiger partial charge in [-0.15, -0.1) is 0 Å². The molecule has 10 nitrogen and oxygen atoms in total. The summed E-state index contributed by atoms with van der Waals surface area (Å²) in [7, 11) is 1.71. The molecule has 0 radical (unpaired) electrons. The smallest absolute Gasteiger partial charge is 0.267 e. The number of aromatic nitrogens is 3. The lowest BCUT2D eigenvalue weighted by Gasteiger charge is -2.25. The molecule has 188 valence electrons. The summed E-state index contributed by atoms with van der Waals surface area (Å²) in [5.74, 6) is 6.95. The highest BCUT2D eigenvalue weighted by Gasteiger charge is 2.23. The number of hydrogen-bond acceptors (Lipinski definition) is 9. The number of carbonyl (C=O) groups is 1. The quantitative estimate of drug-likeness (QED) is 0.313. The van der Waals surface area contributed by atoms with Crippen LogP contribution in [0, 0.1) is 6.92 Å². The van der Waals surface area contributed by atoms with E-state index in [4.69, 9.17) is 22.0 Å². The minimum Gasteiger partial charge on any atom is -0.489 e. The largest absolute Gasteiger partial charge is 0.489 e. The molecule has 1 amide bonds. The van der Waals surface area contributed by atoms with Gasteiger partial charge >= 0.3 is 0 Å². The van der Waals surface area contributed by atoms with Gasteiger partial charge in [-0.05, 0) is 63.6 Å². The minimum atomic E-state index is -0.586. The lowest BCUT2D eigenvalue weighted by molar-refractivity contribution is 0.0995. The zero-order valence-electron chi connectivity index (χ0n) is 20.6. The number of likely N-dealkylation sites (N-methyl/N-ethyl adjacent to an activating group) is 1. The van der Waals surface area contributed by atoms with Crippen LogP contribution in [0.4, 0.5) is 5.95 Å². The molecule has 0 aliphatic heterocycles. The van der Waals surface area contributed by atoms with E-state index in [0.717, 1.165) is 49.2 Å². The Morgan fingerprint density at radius 2 is 1.80 bits per heavy atom. The van der Waals surface area contributed by atoms with Gasteiger partial charge in [0, 0.05) is 18.7 Å². The molecule has 2 aromatic heterocycles. The van der Waals surface area contributed by atoms with E-state index in [2.05, 4.69) is 20.3 Å². The van der Waals surface area contributed by atoms with Crippen molar-refractivity contribution >= 4 is 17.6 Å². The fraction of sp³-hybridized carbons (Fsp3) is 0.520. The van der Waals surface area contributed by atoms with Crippen molar-refractivity contribution in [2.75, 3.05) is 18.9 Å². The minimum absolute atomic E-state index is 0.190. The van der Waals surface area contributed by atoms with Crippen molar-refractivity contribution in [1.29, 1.82) is 0 Å². The van der Waals surface area contributed by atoms with E-state index in [1.165, 1.54) is 24.3 Å². The first-order valence-corrected chi connectivity index (χ1v) is 12.4. The summed E-state index contributed by atoms with van der Waals surface area (Å²) in [4.78, 5) is 25.3. The van der Waals surface area contributed by atoms with Crippen molar-refractivity contribution in [3.8, 4) is 5.75 Å². The zero-order valence-corrected chi connectivity index (χ0v) is 20.6. The van der Waals surface area contributed by atoms with Crippen LogP contribution in [0.3, 0.4) is 0 Å². The van der Waals surface area contributed by atoms with Crippen LogP contribution < -0.4 is 27.4 Å². The molecule has 2 fully saturated rings. The monoisotopic (exact) mass is 480 g/mol. The van der Waals surface area contributed by atoms with Gasteiger partial charge in [0.15, 0.2) is 0 Å². The molecular formula is C25H36N8O2. The summed E-state index contributed by atoms with van der Waals surface area (Å²) in [6.07, 6.45) is 9.35. The van der Waals surface area contributed by atoms with Crippen LogP contribution in [0.1, 0.15) is 84.9 Å². The van der Waals surface area contributed by atoms with E-state index in [1.807, 2.05) is 19.1 Å². The van der Waals surface area contributed by atoms with Crippen molar-refractivity contribution < 1.29 is 9.53 Å². The predicted molar refractivity (Wildman–Crippen MR) is 135 cm³/mol. The van der Waals surface area contributed by atoms with E-state index >= 15 is 0 Å². The lowest BCUT2D eigenvalue weighted by Crippen LogP contribution is -2.32. The number of pyridine rings is 1. The molecule has 4 rings (SSSR count). The second-order valence-electron chi connectivity index (χ2n) is 9.48. The van der Waals surface area contributed by atoms with Crippen LogP contribution in [0.5, 0.6) is 5.75 Å². The first-order valence-electron chi connectivity index (χ1n) is 12.4. The Morgan fingerprint density at radius 3 is 2.40 bits per heavy atom. The van der Waals surface area contributed by atoms with E-state index in [1.54, 1.807) is 13.1 Å². The Bertz CT molecular complexity index is 1090. The molecule has 0 saturated heterocycles. The lowest BCUT2D eigenvalue weighted by atomic mass is 9.82. The predicted octanol–water partition coefficient (Wildman–Crippen LogP) is 2.80. The highest BCUT2D eigenvalue weighted by Crippen LogP contribution is 2.35. The van der Waals surface area contributed by atoms with Gasteiger partial charge in [0.1, 0.15) is 11.4 Å². The summed E-state index contributed by atoms with van der Waals surface area (Å²) in [6, 6.07) is 5.45. The van der Waals surface area contributed by atoms with Crippen molar-refractivity contribution in [2.24, 2.45) is 17.3 Å². The number of rotatable bonds is 9. The third-order valence-electron chi connectivity index (χ3n) is 6.83. The fourth-order valence-corrected chi connectivity index (χ4v) is 4.49. The fourth-order valence-electron chi connectivity index (χ4n) is 4.49. The summed E-state index contributed by atoms with van der Waals surface area (Å²) in [5, 5.41) is 4.59. The first-order chi connectivity index (χ1) is 16.8. The van der Waals surface area contributed by atoms with Crippen molar-refractivity contribution in [3.63, 3.8) is 0 Å². The molecule has 2 aliphatic rings. The molecule has 0 unspecified atom stereocenters. The number of anilines is 1. The Morgan fingerprint density at radius 1 is 1.06 bits per heavy atom. The second-order valence-corrected chi connectivity index (χ2v) is 9.48. The van der Waals surface area contributed by atoms with Gasteiger partial charge in [0.25, 0.3) is 5.91 Å². The van der Waals surface area contributed by atoms with Gasteiger partial charge < -0.3 is 26.5 Å². The average Bonchev–Trinajstić information content (AvgIpc) is 2.79. The second kappa shape index (κ2) is 10.9. The number of hydrogen-bond donors (Lipinski definition) is 4. The SMILES string of the molecule is Cc1nc(/C(N)=C(\CNc2nc(C(N)=O)cc(C3CCC3)n2)N(C)N)ccc1OC1CCCCC1. The molecule has 35 heavy (non-hydrogen) atoms. The Balaban J connectivity index is 1.52. The number of aryl methyl sites for hydroxylation is 1. The van der Waals surface area contributed by atoms with E-state index in [9.17, 15) is 4.79 Å². The number of ether oxygens (including phenoxy) is 1. The van der Waals surface area contributed by atoms with Crippen LogP contribution in [-0.2, 0) is 0 Å². The average molecular weight is 481 g/mol. The zero-order chi connectivity index (χ0) is 24.9. The highest BCUT2D eigenvalue weighted by molar-refractivity contribution is 5.91. The van der Waals surface area contributed by atoms with Crippen molar-refractivity contribution in [1.82, 2.24) is 20.0 Å². The van der Waals surface area contributed by atoms with Gasteiger partial charge in [-0.3, -0.25) is 4.79 Å². The van der Waals surface area contributed by atoms with Crippen molar-refractivity contribution in [2.45, 2.75) is 70.3 Å². The maximum Gasteiger partial charge on any atom is 0.267 e. The number of nitrogens with zero attached hydrogens (tertiary/aromatic N) is 4. The normalized spacial score (nSPS) is 17.3. The van der Waals surface area contributed by atoms with Crippen LogP contribution in [-0.4, -0.2) is 45.6 Å². The molecule has 2 aromatic rings. The van der Waals surface area contributed by atoms with Gasteiger partial charge in [0.05, 0.1) is 35.4 Å². The van der Waals surface area contributed by atoms with Crippen LogP contribution in [0.25, 0.3) is 5.70 Å². The Labute approximate surface area is 206 Å². The molecular weight excluding hydrogens is 444 g/mol. The van der Waals surface area contributed by atoms with Gasteiger partial charge in [-0.2, -0.15) is 0 Å². The van der Waals surface area contributed by atoms with Gasteiger partial charge in [-0.1, -0.05) is 12.8 Å². The topological polar surface area (TPSA) is 158 Å². The summed E-state index contributed by atoms with van der Waals surface area (Å²) in [6.45, 7) is 2.16. The molecule has 10 heteroatoms. The molecule has 2 aliphatic carbocycles. The van der Waals surface area contributed by atoms with Crippen LogP contribution in [0.15, 0.2) is 23.9 Å². The molecule has 2 saturated carbocycles. The third-order valence-corrected chi connectivity index (χ3v) is 6.83. The molecule has 0 bridgehead atoms.